The van der Waals surface area contributed by atoms with E-state index in [0.717, 1.165) is 11.4 Å². The van der Waals surface area contributed by atoms with Crippen LogP contribution in [-0.4, -0.2) is 0 Å². The van der Waals surface area contributed by atoms with Gasteiger partial charge in [0.15, 0.2) is 0 Å². The normalized spacial score (nSPS) is 14.2. The maximum Gasteiger partial charge on any atom is 0.0540 e. The topological polar surface area (TPSA) is 3.24 Å². The first-order valence-corrected chi connectivity index (χ1v) is 20.2. The van der Waals surface area contributed by atoms with Gasteiger partial charge in [0.25, 0.3) is 0 Å². The van der Waals surface area contributed by atoms with Crippen LogP contribution < -0.4 is 4.90 Å². The second-order valence-electron chi connectivity index (χ2n) is 17.0. The fourth-order valence-electron chi connectivity index (χ4n) is 10.0. The highest BCUT2D eigenvalue weighted by molar-refractivity contribution is 6.00. The quantitative estimate of drug-likeness (QED) is 0.170. The van der Waals surface area contributed by atoms with E-state index in [9.17, 15) is 0 Å². The summed E-state index contributed by atoms with van der Waals surface area (Å²) in [6.45, 7) is 9.49. The first-order chi connectivity index (χ1) is 27.8. The number of nitrogens with zero attached hydrogens (tertiary/aromatic N) is 1. The zero-order valence-electron chi connectivity index (χ0n) is 32.8. The van der Waals surface area contributed by atoms with E-state index in [-0.39, 0.29) is 10.8 Å². The Kier molecular flexibility index (Phi) is 7.32. The molecule has 11 rings (SSSR count). The third kappa shape index (κ3) is 5.08. The fourth-order valence-corrected chi connectivity index (χ4v) is 10.0. The molecule has 0 heterocycles. The van der Waals surface area contributed by atoms with Crippen molar-refractivity contribution < 1.29 is 0 Å². The highest BCUT2D eigenvalue weighted by Gasteiger charge is 2.37. The van der Waals surface area contributed by atoms with E-state index in [4.69, 9.17) is 0 Å². The lowest BCUT2D eigenvalue weighted by atomic mass is 9.81. The molecule has 0 bridgehead atoms. The van der Waals surface area contributed by atoms with Gasteiger partial charge in [-0.3, -0.25) is 0 Å². The van der Waals surface area contributed by atoms with Crippen molar-refractivity contribution in [3.63, 3.8) is 0 Å². The van der Waals surface area contributed by atoms with E-state index in [0.29, 0.717) is 0 Å². The molecule has 0 atom stereocenters. The maximum atomic E-state index is 2.45. The Labute approximate surface area is 335 Å². The van der Waals surface area contributed by atoms with Crippen LogP contribution in [0.4, 0.5) is 17.1 Å². The average molecular weight is 730 g/mol. The lowest BCUT2D eigenvalue weighted by Crippen LogP contribution is -2.17. The van der Waals surface area contributed by atoms with Crippen LogP contribution in [0.15, 0.2) is 188 Å². The Morgan fingerprint density at radius 3 is 1.54 bits per heavy atom. The van der Waals surface area contributed by atoms with Gasteiger partial charge in [-0.1, -0.05) is 173 Å². The van der Waals surface area contributed by atoms with Crippen molar-refractivity contribution in [3.8, 4) is 44.5 Å². The number of benzene rings is 9. The van der Waals surface area contributed by atoms with Gasteiger partial charge in [-0.15, -0.1) is 0 Å². The molecule has 0 aliphatic heterocycles. The van der Waals surface area contributed by atoms with Crippen molar-refractivity contribution in [1.82, 2.24) is 0 Å². The van der Waals surface area contributed by atoms with Crippen molar-refractivity contribution in [3.05, 3.63) is 210 Å². The summed E-state index contributed by atoms with van der Waals surface area (Å²) in [7, 11) is 0. The van der Waals surface area contributed by atoms with Crippen LogP contribution in [0.25, 0.3) is 66.1 Å². The molecule has 0 radical (unpaired) electrons. The number of hydrogen-bond acceptors (Lipinski definition) is 1. The zero-order valence-corrected chi connectivity index (χ0v) is 32.8. The van der Waals surface area contributed by atoms with Crippen LogP contribution in [0.1, 0.15) is 49.9 Å². The minimum absolute atomic E-state index is 0.0362. The van der Waals surface area contributed by atoms with Gasteiger partial charge in [0.2, 0.25) is 0 Å². The predicted molar refractivity (Wildman–Crippen MR) is 242 cm³/mol. The molecule has 0 spiro atoms. The first-order valence-electron chi connectivity index (χ1n) is 20.2. The minimum Gasteiger partial charge on any atom is -0.310 e. The first kappa shape index (κ1) is 33.6. The summed E-state index contributed by atoms with van der Waals surface area (Å²) in [6.07, 6.45) is 0. The summed E-state index contributed by atoms with van der Waals surface area (Å²) in [5, 5.41) is 5.02. The number of rotatable bonds is 5. The maximum absolute atomic E-state index is 2.45. The van der Waals surface area contributed by atoms with Crippen molar-refractivity contribution >= 4 is 38.6 Å². The Morgan fingerprint density at radius 1 is 0.316 bits per heavy atom. The van der Waals surface area contributed by atoms with Crippen LogP contribution in [-0.2, 0) is 10.8 Å². The molecule has 9 aromatic carbocycles. The molecule has 0 aromatic heterocycles. The van der Waals surface area contributed by atoms with Crippen LogP contribution in [0.2, 0.25) is 0 Å². The Morgan fingerprint density at radius 2 is 0.789 bits per heavy atom. The predicted octanol–water partition coefficient (Wildman–Crippen LogP) is 15.4. The summed E-state index contributed by atoms with van der Waals surface area (Å²) >= 11 is 0. The Balaban J connectivity index is 1.01. The molecular weight excluding hydrogens is 687 g/mol. The minimum atomic E-state index is -0.184. The van der Waals surface area contributed by atoms with Crippen LogP contribution in [0.5, 0.6) is 0 Å². The molecule has 9 aromatic rings. The second-order valence-corrected chi connectivity index (χ2v) is 17.0. The molecule has 0 saturated heterocycles. The van der Waals surface area contributed by atoms with Crippen molar-refractivity contribution in [2.45, 2.75) is 38.5 Å². The molecule has 0 fully saturated rings. The molecule has 2 aliphatic carbocycles. The molecular formula is C56H43N. The Bertz CT molecular complexity index is 3060. The number of fused-ring (bicyclic) bond motifs is 8. The highest BCUT2D eigenvalue weighted by Crippen LogP contribution is 2.53. The molecule has 272 valence electrons. The monoisotopic (exact) mass is 729 g/mol. The zero-order chi connectivity index (χ0) is 38.5. The molecule has 2 aliphatic rings. The van der Waals surface area contributed by atoms with Crippen LogP contribution >= 0.6 is 0 Å². The molecule has 0 saturated carbocycles. The van der Waals surface area contributed by atoms with Crippen LogP contribution in [0, 0.1) is 0 Å². The average Bonchev–Trinajstić information content (AvgIpc) is 3.62. The lowest BCUT2D eigenvalue weighted by molar-refractivity contribution is 0.660. The van der Waals surface area contributed by atoms with E-state index in [1.807, 2.05) is 0 Å². The van der Waals surface area contributed by atoms with Gasteiger partial charge in [0, 0.05) is 27.6 Å². The van der Waals surface area contributed by atoms with Crippen molar-refractivity contribution in [2.75, 3.05) is 4.90 Å². The van der Waals surface area contributed by atoms with E-state index < -0.39 is 0 Å². The number of anilines is 3. The summed E-state index contributed by atoms with van der Waals surface area (Å²) in [6, 6.07) is 70.1. The fraction of sp³-hybridized carbons (Fsp3) is 0.107. The Hall–Kier alpha value is -6.70. The third-order valence-electron chi connectivity index (χ3n) is 13.1. The van der Waals surface area contributed by atoms with Crippen molar-refractivity contribution in [2.24, 2.45) is 0 Å². The molecule has 0 amide bonds. The van der Waals surface area contributed by atoms with E-state index in [1.165, 1.54) is 94.0 Å². The molecule has 0 unspecified atom stereocenters. The lowest BCUT2D eigenvalue weighted by Gasteiger charge is -2.29. The third-order valence-corrected chi connectivity index (χ3v) is 13.1. The van der Waals surface area contributed by atoms with Gasteiger partial charge >= 0.3 is 0 Å². The van der Waals surface area contributed by atoms with E-state index in [2.05, 4.69) is 221 Å². The summed E-state index contributed by atoms with van der Waals surface area (Å²) in [5.41, 5.74) is 19.1. The standard InChI is InChI=1S/C56H43N/c1-55(2)50-21-10-9-19-46(50)47-30-25-39(33-51(47)55)36-23-27-41(28-24-36)57(54-22-12-16-38-14-6-8-18-45(38)54)42-29-32-49-48-31-26-40(34-52(48)56(3,4)53(49)35-42)44-20-11-15-37-13-5-7-17-43(37)44/h5-35H,1-4H3. The summed E-state index contributed by atoms with van der Waals surface area (Å²) in [5.74, 6) is 0. The van der Waals surface area contributed by atoms with E-state index in [1.54, 1.807) is 0 Å². The second kappa shape index (κ2) is 12.4. The van der Waals surface area contributed by atoms with Crippen molar-refractivity contribution in [1.29, 1.82) is 0 Å². The van der Waals surface area contributed by atoms with Crippen LogP contribution in [0.3, 0.4) is 0 Å². The van der Waals surface area contributed by atoms with Gasteiger partial charge in [-0.2, -0.15) is 0 Å². The van der Waals surface area contributed by atoms with Gasteiger partial charge in [-0.05, 0) is 125 Å². The number of hydrogen-bond donors (Lipinski definition) is 0. The highest BCUT2D eigenvalue weighted by atomic mass is 15.1. The molecule has 1 nitrogen and oxygen atoms in total. The van der Waals surface area contributed by atoms with Gasteiger partial charge in [0.05, 0.1) is 5.69 Å². The van der Waals surface area contributed by atoms with Gasteiger partial charge < -0.3 is 4.90 Å². The van der Waals surface area contributed by atoms with Gasteiger partial charge in [0.1, 0.15) is 0 Å². The smallest absolute Gasteiger partial charge is 0.0540 e. The van der Waals surface area contributed by atoms with Gasteiger partial charge in [-0.25, -0.2) is 0 Å². The van der Waals surface area contributed by atoms with E-state index >= 15 is 0 Å². The molecule has 1 heteroatoms. The summed E-state index contributed by atoms with van der Waals surface area (Å²) in [4.78, 5) is 2.45. The largest absolute Gasteiger partial charge is 0.310 e. The summed E-state index contributed by atoms with van der Waals surface area (Å²) < 4.78 is 0. The SMILES string of the molecule is CC1(C)c2ccccc2-c2ccc(-c3ccc(N(c4ccc5c(c4)C(C)(C)c4cc(-c6cccc7ccccc67)ccc4-5)c4cccc5ccccc45)cc3)cc21. The molecule has 57 heavy (non-hydrogen) atoms. The molecule has 0 N–H and O–H groups in total.